The van der Waals surface area contributed by atoms with Crippen molar-refractivity contribution >= 4 is 5.78 Å². The Morgan fingerprint density at radius 1 is 1.35 bits per heavy atom. The second-order valence-electron chi connectivity index (χ2n) is 4.02. The number of aromatic amines is 1. The number of rotatable bonds is 3. The van der Waals surface area contributed by atoms with Crippen LogP contribution in [0.3, 0.4) is 0 Å². The third-order valence-electron chi connectivity index (χ3n) is 2.74. The van der Waals surface area contributed by atoms with E-state index in [0.29, 0.717) is 0 Å². The molecule has 0 spiro atoms. The molecule has 1 aromatic heterocycles. The molecule has 0 atom stereocenters. The maximum Gasteiger partial charge on any atom is 0.333 e. The number of halogens is 1. The highest BCUT2D eigenvalue weighted by Crippen LogP contribution is 2.21. The van der Waals surface area contributed by atoms with Crippen LogP contribution in [0.1, 0.15) is 17.3 Å². The molecule has 104 valence electrons. The highest BCUT2D eigenvalue weighted by Gasteiger charge is 2.15. The highest BCUT2D eigenvalue weighted by atomic mass is 19.1. The van der Waals surface area contributed by atoms with Gasteiger partial charge in [-0.1, -0.05) is 0 Å². The van der Waals surface area contributed by atoms with Crippen LogP contribution in [0, 0.1) is 5.82 Å². The third-order valence-corrected chi connectivity index (χ3v) is 2.74. The number of aromatic nitrogens is 2. The maximum absolute atomic E-state index is 13.2. The number of ketones is 1. The predicted octanol–water partition coefficient (Wildman–Crippen LogP) is 0.876. The van der Waals surface area contributed by atoms with Gasteiger partial charge in [0.05, 0.1) is 18.4 Å². The largest absolute Gasteiger partial charge is 0.494 e. The summed E-state index contributed by atoms with van der Waals surface area (Å²) in [7, 11) is 1.28. The fourth-order valence-electron chi connectivity index (χ4n) is 1.78. The summed E-state index contributed by atoms with van der Waals surface area (Å²) in [6.07, 6.45) is 1.06. The van der Waals surface area contributed by atoms with Gasteiger partial charge >= 0.3 is 5.69 Å². The number of Topliss-reactive ketones (excluding diaryl/α,β-unsaturated/α-hetero) is 1. The minimum atomic E-state index is -0.786. The van der Waals surface area contributed by atoms with Crippen molar-refractivity contribution in [2.75, 3.05) is 7.11 Å². The summed E-state index contributed by atoms with van der Waals surface area (Å²) in [4.78, 5) is 37.6. The summed E-state index contributed by atoms with van der Waals surface area (Å²) < 4.78 is 18.8. The molecule has 2 aromatic rings. The summed E-state index contributed by atoms with van der Waals surface area (Å²) in [5.41, 5.74) is -1.64. The van der Waals surface area contributed by atoms with Crippen LogP contribution in [-0.2, 0) is 0 Å². The number of methoxy groups -OCH3 is 1. The molecule has 1 N–H and O–H groups in total. The molecule has 0 amide bonds. The Morgan fingerprint density at radius 3 is 2.65 bits per heavy atom. The third kappa shape index (κ3) is 2.25. The quantitative estimate of drug-likeness (QED) is 0.845. The lowest BCUT2D eigenvalue weighted by Gasteiger charge is -2.10. The van der Waals surface area contributed by atoms with Crippen molar-refractivity contribution in [2.45, 2.75) is 6.92 Å². The number of hydrogen-bond acceptors (Lipinski definition) is 4. The van der Waals surface area contributed by atoms with Gasteiger partial charge in [0.25, 0.3) is 5.56 Å². The first-order valence-corrected chi connectivity index (χ1v) is 5.65. The zero-order valence-electron chi connectivity index (χ0n) is 10.8. The van der Waals surface area contributed by atoms with Crippen LogP contribution in [0.15, 0.2) is 34.0 Å². The fourth-order valence-corrected chi connectivity index (χ4v) is 1.78. The molecule has 0 aliphatic carbocycles. The van der Waals surface area contributed by atoms with Gasteiger partial charge in [0.1, 0.15) is 11.6 Å². The molecule has 0 saturated carbocycles. The lowest BCUT2D eigenvalue weighted by atomic mass is 10.2. The molecule has 0 saturated heterocycles. The molecule has 0 unspecified atom stereocenters. The van der Waals surface area contributed by atoms with Gasteiger partial charge in [0.2, 0.25) is 0 Å². The van der Waals surface area contributed by atoms with Crippen molar-refractivity contribution in [1.82, 2.24) is 9.55 Å². The Morgan fingerprint density at radius 2 is 2.05 bits per heavy atom. The fraction of sp³-hybridized carbons (Fsp3) is 0.154. The molecule has 2 rings (SSSR count). The number of benzene rings is 1. The first-order chi connectivity index (χ1) is 9.45. The molecule has 0 fully saturated rings. The lowest BCUT2D eigenvalue weighted by molar-refractivity contribution is 0.101. The summed E-state index contributed by atoms with van der Waals surface area (Å²) >= 11 is 0. The topological polar surface area (TPSA) is 81.2 Å². The molecule has 0 aliphatic heterocycles. The van der Waals surface area contributed by atoms with E-state index in [1.165, 1.54) is 20.1 Å². The van der Waals surface area contributed by atoms with Gasteiger partial charge in [-0.05, 0) is 19.1 Å². The number of carbonyl (C=O) groups excluding carboxylic acids is 1. The Kier molecular flexibility index (Phi) is 3.51. The number of ether oxygens (including phenoxy) is 1. The average molecular weight is 278 g/mol. The van der Waals surface area contributed by atoms with E-state index < -0.39 is 22.8 Å². The summed E-state index contributed by atoms with van der Waals surface area (Å²) in [6.45, 7) is 1.21. The van der Waals surface area contributed by atoms with E-state index in [2.05, 4.69) is 4.98 Å². The van der Waals surface area contributed by atoms with E-state index in [1.807, 2.05) is 0 Å². The summed E-state index contributed by atoms with van der Waals surface area (Å²) in [6, 6.07) is 3.36. The Hall–Kier alpha value is -2.70. The van der Waals surface area contributed by atoms with Gasteiger partial charge in [-0.25, -0.2) is 13.8 Å². The zero-order valence-corrected chi connectivity index (χ0v) is 10.8. The van der Waals surface area contributed by atoms with Crippen LogP contribution in [-0.4, -0.2) is 22.4 Å². The van der Waals surface area contributed by atoms with Crippen molar-refractivity contribution in [1.29, 1.82) is 0 Å². The second kappa shape index (κ2) is 5.12. The van der Waals surface area contributed by atoms with Gasteiger partial charge in [-0.15, -0.1) is 0 Å². The molecule has 20 heavy (non-hydrogen) atoms. The molecule has 0 aliphatic rings. The van der Waals surface area contributed by atoms with Crippen molar-refractivity contribution in [2.24, 2.45) is 0 Å². The van der Waals surface area contributed by atoms with Gasteiger partial charge in [-0.2, -0.15) is 0 Å². The normalized spacial score (nSPS) is 10.3. The lowest BCUT2D eigenvalue weighted by Crippen LogP contribution is -2.36. The molecule has 0 radical (unpaired) electrons. The van der Waals surface area contributed by atoms with Crippen molar-refractivity contribution < 1.29 is 13.9 Å². The first kappa shape index (κ1) is 13.7. The molecule has 7 heteroatoms. The van der Waals surface area contributed by atoms with Gasteiger partial charge < -0.3 is 9.72 Å². The maximum atomic E-state index is 13.2. The van der Waals surface area contributed by atoms with E-state index in [-0.39, 0.29) is 17.0 Å². The van der Waals surface area contributed by atoms with E-state index in [4.69, 9.17) is 4.74 Å². The van der Waals surface area contributed by atoms with Crippen LogP contribution in [0.25, 0.3) is 5.69 Å². The Balaban J connectivity index is 2.83. The minimum absolute atomic E-state index is 0.0123. The molecule has 0 bridgehead atoms. The SMILES string of the molecule is COc1cc(F)ccc1-n1c(=O)[nH]cc(C(C)=O)c1=O. The molecular formula is C13H11FN2O4. The average Bonchev–Trinajstić information content (AvgIpc) is 2.39. The van der Waals surface area contributed by atoms with Crippen LogP contribution in [0.2, 0.25) is 0 Å². The zero-order chi connectivity index (χ0) is 14.9. The molecule has 6 nitrogen and oxygen atoms in total. The molecular weight excluding hydrogens is 267 g/mol. The number of nitrogens with one attached hydrogen (secondary N) is 1. The smallest absolute Gasteiger partial charge is 0.333 e. The monoisotopic (exact) mass is 278 g/mol. The standard InChI is InChI=1S/C13H11FN2O4/c1-7(17)9-6-15-13(19)16(12(9)18)10-4-3-8(14)5-11(10)20-2/h3-6H,1-2H3,(H,15,19). The minimum Gasteiger partial charge on any atom is -0.494 e. The molecule has 1 heterocycles. The van der Waals surface area contributed by atoms with E-state index in [1.54, 1.807) is 0 Å². The number of H-pyrrole nitrogens is 1. The Labute approximate surface area is 112 Å². The van der Waals surface area contributed by atoms with Crippen LogP contribution in [0.4, 0.5) is 4.39 Å². The van der Waals surface area contributed by atoms with Crippen LogP contribution >= 0.6 is 0 Å². The van der Waals surface area contributed by atoms with E-state index >= 15 is 0 Å². The number of carbonyl (C=O) groups is 1. The van der Waals surface area contributed by atoms with Gasteiger partial charge in [0.15, 0.2) is 5.78 Å². The molecule has 1 aromatic carbocycles. The summed E-state index contributed by atoms with van der Waals surface area (Å²) in [5, 5.41) is 0. The second-order valence-corrected chi connectivity index (χ2v) is 4.02. The highest BCUT2D eigenvalue weighted by molar-refractivity contribution is 5.93. The van der Waals surface area contributed by atoms with Crippen LogP contribution < -0.4 is 16.0 Å². The van der Waals surface area contributed by atoms with Crippen molar-refractivity contribution in [3.8, 4) is 11.4 Å². The first-order valence-electron chi connectivity index (χ1n) is 5.65. The van der Waals surface area contributed by atoms with E-state index in [9.17, 15) is 18.8 Å². The van der Waals surface area contributed by atoms with Crippen LogP contribution in [0.5, 0.6) is 5.75 Å². The Bertz CT molecular complexity index is 792. The van der Waals surface area contributed by atoms with Gasteiger partial charge in [-0.3, -0.25) is 9.59 Å². The van der Waals surface area contributed by atoms with E-state index in [0.717, 1.165) is 22.9 Å². The number of nitrogens with zero attached hydrogens (tertiary/aromatic N) is 1. The van der Waals surface area contributed by atoms with Crippen molar-refractivity contribution in [3.05, 3.63) is 56.6 Å². The number of hydrogen-bond donors (Lipinski definition) is 1. The predicted molar refractivity (Wildman–Crippen MR) is 69.2 cm³/mol. The van der Waals surface area contributed by atoms with Crippen molar-refractivity contribution in [3.63, 3.8) is 0 Å². The van der Waals surface area contributed by atoms with Gasteiger partial charge in [0, 0.05) is 12.3 Å². The summed E-state index contributed by atoms with van der Waals surface area (Å²) in [5.74, 6) is -1.04.